The molecule has 0 saturated heterocycles. The van der Waals surface area contributed by atoms with E-state index in [-0.39, 0.29) is 11.3 Å². The number of aliphatic hydroxyl groups is 1. The number of sulfonamides is 1. The van der Waals surface area contributed by atoms with Gasteiger partial charge >= 0.3 is 0 Å². The van der Waals surface area contributed by atoms with Crippen LogP contribution in [0.15, 0.2) is 41.3 Å². The van der Waals surface area contributed by atoms with Gasteiger partial charge in [-0.15, -0.1) is 0 Å². The zero-order valence-corrected chi connectivity index (χ0v) is 16.5. The van der Waals surface area contributed by atoms with E-state index in [4.69, 9.17) is 14.2 Å². The van der Waals surface area contributed by atoms with E-state index in [0.717, 1.165) is 5.56 Å². The van der Waals surface area contributed by atoms with E-state index in [1.54, 1.807) is 30.3 Å². The van der Waals surface area contributed by atoms with Crippen LogP contribution in [-0.2, 0) is 16.4 Å². The van der Waals surface area contributed by atoms with Crippen LogP contribution in [0.1, 0.15) is 17.2 Å². The highest BCUT2D eigenvalue weighted by Crippen LogP contribution is 2.41. The summed E-state index contributed by atoms with van der Waals surface area (Å²) in [7, 11) is 2.35. The van der Waals surface area contributed by atoms with Crippen LogP contribution in [0.5, 0.6) is 17.2 Å². The van der Waals surface area contributed by atoms with Crippen LogP contribution in [0.3, 0.4) is 0 Å². The summed E-state index contributed by atoms with van der Waals surface area (Å²) >= 11 is 0. The van der Waals surface area contributed by atoms with E-state index in [9.17, 15) is 13.5 Å². The van der Waals surface area contributed by atoms with E-state index in [2.05, 4.69) is 0 Å². The Bertz CT molecular complexity index is 918. The Morgan fingerprint density at radius 1 is 1.04 bits per heavy atom. The van der Waals surface area contributed by atoms with Gasteiger partial charge in [0.05, 0.1) is 38.4 Å². The van der Waals surface area contributed by atoms with Gasteiger partial charge in [0, 0.05) is 12.6 Å². The molecule has 1 N–H and O–H groups in total. The van der Waals surface area contributed by atoms with Crippen molar-refractivity contribution in [3.8, 4) is 17.2 Å². The van der Waals surface area contributed by atoms with Gasteiger partial charge in [0.1, 0.15) is 0 Å². The molecule has 7 nitrogen and oxygen atoms in total. The number of hydrogen-bond acceptors (Lipinski definition) is 6. The Morgan fingerprint density at radius 3 is 2.19 bits per heavy atom. The second-order valence-corrected chi connectivity index (χ2v) is 8.27. The first-order valence-electron chi connectivity index (χ1n) is 8.39. The predicted octanol–water partition coefficient (Wildman–Crippen LogP) is 1.99. The number of likely N-dealkylation sites (N-methyl/N-ethyl adjacent to an activating group) is 1. The Kier molecular flexibility index (Phi) is 5.32. The smallest absolute Gasteiger partial charge is 0.243 e. The van der Waals surface area contributed by atoms with Gasteiger partial charge < -0.3 is 19.3 Å². The molecule has 27 heavy (non-hydrogen) atoms. The molecule has 0 aromatic heterocycles. The van der Waals surface area contributed by atoms with E-state index in [0.29, 0.717) is 22.8 Å². The van der Waals surface area contributed by atoms with Crippen molar-refractivity contribution in [1.82, 2.24) is 4.31 Å². The van der Waals surface area contributed by atoms with Crippen molar-refractivity contribution < 1.29 is 27.7 Å². The molecule has 1 aliphatic rings. The van der Waals surface area contributed by atoms with Gasteiger partial charge in [-0.2, -0.15) is 4.31 Å². The Morgan fingerprint density at radius 2 is 1.63 bits per heavy atom. The van der Waals surface area contributed by atoms with Gasteiger partial charge in [-0.3, -0.25) is 0 Å². The Balaban J connectivity index is 2.03. The monoisotopic (exact) mass is 393 g/mol. The zero-order chi connectivity index (χ0) is 19.8. The van der Waals surface area contributed by atoms with Crippen molar-refractivity contribution in [3.63, 3.8) is 0 Å². The quantitative estimate of drug-likeness (QED) is 0.836. The number of fused-ring (bicyclic) bond motifs is 1. The zero-order valence-electron chi connectivity index (χ0n) is 15.7. The maximum Gasteiger partial charge on any atom is 0.243 e. The lowest BCUT2D eigenvalue weighted by Gasteiger charge is -2.37. The molecule has 0 spiro atoms. The standard InChI is InChI=1S/C19H23NO6S/c1-20-14(18(21)13-7-5-6-8-17(13)27(20,22)23)9-12-10-15(24-2)19(26-4)16(11-12)25-3/h5-8,10-11,14,18,21H,9H2,1-4H3/t14-,18+/m1/s1. The molecule has 146 valence electrons. The molecule has 3 rings (SSSR count). The second-order valence-electron chi connectivity index (χ2n) is 6.31. The number of benzene rings is 2. The number of aliphatic hydroxyl groups excluding tert-OH is 1. The van der Waals surface area contributed by atoms with E-state index >= 15 is 0 Å². The van der Waals surface area contributed by atoms with E-state index in [1.807, 2.05) is 0 Å². The molecule has 0 bridgehead atoms. The topological polar surface area (TPSA) is 85.3 Å². The van der Waals surface area contributed by atoms with E-state index in [1.165, 1.54) is 38.7 Å². The van der Waals surface area contributed by atoms with Gasteiger partial charge in [-0.05, 0) is 30.2 Å². The van der Waals surface area contributed by atoms with Crippen LogP contribution in [0.25, 0.3) is 0 Å². The largest absolute Gasteiger partial charge is 0.493 e. The maximum atomic E-state index is 12.8. The molecule has 2 atom stereocenters. The fourth-order valence-electron chi connectivity index (χ4n) is 3.43. The summed E-state index contributed by atoms with van der Waals surface area (Å²) in [4.78, 5) is 0.140. The number of ether oxygens (including phenoxy) is 3. The molecule has 2 aromatic carbocycles. The highest BCUT2D eigenvalue weighted by atomic mass is 32.2. The summed E-state index contributed by atoms with van der Waals surface area (Å²) in [6, 6.07) is 9.39. The fraction of sp³-hybridized carbons (Fsp3) is 0.368. The number of nitrogens with zero attached hydrogens (tertiary/aromatic N) is 1. The first-order valence-corrected chi connectivity index (χ1v) is 9.83. The van der Waals surface area contributed by atoms with Crippen molar-refractivity contribution >= 4 is 10.0 Å². The third-order valence-corrected chi connectivity index (χ3v) is 6.85. The molecular weight excluding hydrogens is 370 g/mol. The van der Waals surface area contributed by atoms with Gasteiger partial charge in [0.15, 0.2) is 11.5 Å². The SMILES string of the molecule is COc1cc(C[C@@H]2[C@@H](O)c3ccccc3S(=O)(=O)N2C)cc(OC)c1OC. The van der Waals surface area contributed by atoms with Gasteiger partial charge in [-0.1, -0.05) is 18.2 Å². The average Bonchev–Trinajstić information content (AvgIpc) is 2.69. The fourth-order valence-corrected chi connectivity index (χ4v) is 5.03. The van der Waals surface area contributed by atoms with Crippen LogP contribution in [0.4, 0.5) is 0 Å². The maximum absolute atomic E-state index is 12.8. The summed E-state index contributed by atoms with van der Waals surface area (Å²) in [5, 5.41) is 10.8. The van der Waals surface area contributed by atoms with Crippen molar-refractivity contribution in [3.05, 3.63) is 47.5 Å². The normalized spacial score (nSPS) is 21.4. The van der Waals surface area contributed by atoms with Gasteiger partial charge in [-0.25, -0.2) is 8.42 Å². The molecule has 2 aromatic rings. The van der Waals surface area contributed by atoms with Gasteiger partial charge in [0.25, 0.3) is 0 Å². The average molecular weight is 393 g/mol. The third kappa shape index (κ3) is 3.24. The van der Waals surface area contributed by atoms with Crippen LogP contribution < -0.4 is 14.2 Å². The van der Waals surface area contributed by atoms with Crippen molar-refractivity contribution in [1.29, 1.82) is 0 Å². The summed E-state index contributed by atoms with van der Waals surface area (Å²) in [5.41, 5.74) is 1.17. The number of hydrogen-bond donors (Lipinski definition) is 1. The molecule has 8 heteroatoms. The first-order chi connectivity index (χ1) is 12.8. The summed E-state index contributed by atoms with van der Waals surface area (Å²) < 4.78 is 42.9. The first kappa shape index (κ1) is 19.5. The van der Waals surface area contributed by atoms with Gasteiger partial charge in [0.2, 0.25) is 15.8 Å². The third-order valence-electron chi connectivity index (χ3n) is 4.90. The molecule has 0 amide bonds. The Labute approximate surface area is 159 Å². The molecule has 0 aliphatic carbocycles. The van der Waals surface area contributed by atoms with E-state index < -0.39 is 22.2 Å². The molecular formula is C19H23NO6S. The molecule has 0 unspecified atom stereocenters. The van der Waals surface area contributed by atoms with Crippen LogP contribution in [0, 0.1) is 0 Å². The molecule has 0 saturated carbocycles. The molecule has 0 radical (unpaired) electrons. The lowest BCUT2D eigenvalue weighted by atomic mass is 9.95. The van der Waals surface area contributed by atoms with Crippen LogP contribution in [0.2, 0.25) is 0 Å². The van der Waals surface area contributed by atoms with Crippen molar-refractivity contribution in [2.24, 2.45) is 0 Å². The minimum Gasteiger partial charge on any atom is -0.493 e. The number of methoxy groups -OCH3 is 3. The molecule has 0 fully saturated rings. The summed E-state index contributed by atoms with van der Waals surface area (Å²) in [6.07, 6.45) is -0.670. The van der Waals surface area contributed by atoms with Crippen molar-refractivity contribution in [2.75, 3.05) is 28.4 Å². The Hall–Kier alpha value is -2.29. The second kappa shape index (κ2) is 7.38. The molecule has 1 aliphatic heterocycles. The minimum absolute atomic E-state index is 0.140. The number of rotatable bonds is 5. The molecule has 1 heterocycles. The lowest BCUT2D eigenvalue weighted by molar-refractivity contribution is 0.0891. The predicted molar refractivity (Wildman–Crippen MR) is 99.9 cm³/mol. The highest BCUT2D eigenvalue weighted by molar-refractivity contribution is 7.89. The van der Waals surface area contributed by atoms with Crippen LogP contribution >= 0.6 is 0 Å². The van der Waals surface area contributed by atoms with Crippen molar-refractivity contribution in [2.45, 2.75) is 23.5 Å². The lowest BCUT2D eigenvalue weighted by Crippen LogP contribution is -2.46. The minimum atomic E-state index is -3.68. The van der Waals surface area contributed by atoms with Crippen LogP contribution in [-0.4, -0.2) is 52.2 Å². The summed E-state index contributed by atoms with van der Waals surface area (Å²) in [5.74, 6) is 1.41. The highest BCUT2D eigenvalue weighted by Gasteiger charge is 2.41. The summed E-state index contributed by atoms with van der Waals surface area (Å²) in [6.45, 7) is 0.